The summed E-state index contributed by atoms with van der Waals surface area (Å²) < 4.78 is 44.1. The number of H-pyrrole nitrogens is 1. The summed E-state index contributed by atoms with van der Waals surface area (Å²) in [6, 6.07) is 8.72. The van der Waals surface area contributed by atoms with Crippen LogP contribution in [0.2, 0.25) is 0 Å². The molecule has 2 aromatic heterocycles. The Morgan fingerprint density at radius 2 is 2.00 bits per heavy atom. The zero-order valence-electron chi connectivity index (χ0n) is 18.0. The summed E-state index contributed by atoms with van der Waals surface area (Å²) >= 11 is 0. The Bertz CT molecular complexity index is 1310. The number of pyridine rings is 1. The van der Waals surface area contributed by atoms with E-state index in [-0.39, 0.29) is 11.9 Å². The molecule has 32 heavy (non-hydrogen) atoms. The molecule has 0 spiro atoms. The predicted octanol–water partition coefficient (Wildman–Crippen LogP) is 3.11. The van der Waals surface area contributed by atoms with Gasteiger partial charge in [0.2, 0.25) is 10.0 Å². The maximum Gasteiger partial charge on any atom is 0.211 e. The van der Waals surface area contributed by atoms with Gasteiger partial charge in [0.05, 0.1) is 13.4 Å². The van der Waals surface area contributed by atoms with Crippen molar-refractivity contribution in [3.8, 4) is 16.9 Å². The molecular weight excluding hydrogens is 431 g/mol. The summed E-state index contributed by atoms with van der Waals surface area (Å²) in [6.07, 6.45) is 6.03. The first-order valence-electron chi connectivity index (χ1n) is 10.5. The van der Waals surface area contributed by atoms with Crippen molar-refractivity contribution >= 4 is 26.6 Å². The highest BCUT2D eigenvalue weighted by Gasteiger charge is 2.37. The number of hydrogen-bond donors (Lipinski definition) is 1. The lowest BCUT2D eigenvalue weighted by Gasteiger charge is -2.44. The van der Waals surface area contributed by atoms with Crippen molar-refractivity contribution in [2.24, 2.45) is 0 Å². The molecule has 0 saturated carbocycles. The lowest BCUT2D eigenvalue weighted by Crippen LogP contribution is -2.61. The van der Waals surface area contributed by atoms with Gasteiger partial charge >= 0.3 is 0 Å². The highest BCUT2D eigenvalue weighted by molar-refractivity contribution is 7.88. The monoisotopic (exact) mass is 456 g/mol. The summed E-state index contributed by atoms with van der Waals surface area (Å²) in [5.74, 6) is 0.292. The summed E-state index contributed by atoms with van der Waals surface area (Å²) in [7, 11) is -1.52. The Morgan fingerprint density at radius 1 is 1.19 bits per heavy atom. The minimum absolute atomic E-state index is 0.277. The van der Waals surface area contributed by atoms with Gasteiger partial charge in [-0.1, -0.05) is 6.08 Å². The number of aromatic amines is 1. The first-order valence-corrected chi connectivity index (χ1v) is 12.4. The van der Waals surface area contributed by atoms with Gasteiger partial charge in [-0.05, 0) is 47.9 Å². The summed E-state index contributed by atoms with van der Waals surface area (Å²) in [5, 5.41) is 0.914. The number of benzene rings is 1. The van der Waals surface area contributed by atoms with Gasteiger partial charge in [-0.3, -0.25) is 4.90 Å². The number of rotatable bonds is 5. The van der Waals surface area contributed by atoms with E-state index in [0.717, 1.165) is 41.8 Å². The van der Waals surface area contributed by atoms with Crippen LogP contribution < -0.4 is 4.74 Å². The van der Waals surface area contributed by atoms with Crippen LogP contribution in [0.3, 0.4) is 0 Å². The number of halogens is 1. The molecule has 0 bridgehead atoms. The van der Waals surface area contributed by atoms with Crippen LogP contribution in [0.1, 0.15) is 12.1 Å². The van der Waals surface area contributed by atoms with E-state index in [4.69, 9.17) is 4.74 Å². The number of nitrogens with one attached hydrogen (secondary N) is 1. The number of hydrogen-bond acceptors (Lipinski definition) is 5. The third kappa shape index (κ3) is 3.80. The first kappa shape index (κ1) is 21.1. The molecule has 2 aliphatic heterocycles. The maximum atomic E-state index is 14.0. The second-order valence-corrected chi connectivity index (χ2v) is 10.3. The molecule has 2 aliphatic rings. The Hall–Kier alpha value is -2.75. The van der Waals surface area contributed by atoms with Crippen molar-refractivity contribution in [2.75, 3.05) is 39.5 Å². The van der Waals surface area contributed by atoms with Crippen LogP contribution in [-0.2, 0) is 10.0 Å². The quantitative estimate of drug-likeness (QED) is 0.638. The van der Waals surface area contributed by atoms with Crippen LogP contribution in [0.4, 0.5) is 4.39 Å². The summed E-state index contributed by atoms with van der Waals surface area (Å²) in [4.78, 5) is 10.2. The van der Waals surface area contributed by atoms with Gasteiger partial charge in [0.15, 0.2) is 0 Å². The summed E-state index contributed by atoms with van der Waals surface area (Å²) in [6.45, 7) is 2.79. The zero-order valence-corrected chi connectivity index (χ0v) is 18.8. The standard InChI is InChI=1S/C23H25FN4O3S/c1-31-22-4-3-16(24)11-19(22)18-5-8-25-23-20(18)12-21(26-23)15-6-9-27(10-7-15)17-13-28(14-17)32(2,29)30/h3-6,8,11-12,17H,7,9-10,13-14H2,1-2H3,(H,25,26). The van der Waals surface area contributed by atoms with E-state index in [1.807, 2.05) is 6.07 Å². The number of methoxy groups -OCH3 is 1. The van der Waals surface area contributed by atoms with Crippen LogP contribution in [0.15, 0.2) is 42.6 Å². The average Bonchev–Trinajstić information content (AvgIpc) is 3.16. The van der Waals surface area contributed by atoms with E-state index >= 15 is 0 Å². The molecule has 1 fully saturated rings. The largest absolute Gasteiger partial charge is 0.496 e. The lowest BCUT2D eigenvalue weighted by molar-refractivity contribution is 0.0980. The van der Waals surface area contributed by atoms with Gasteiger partial charge in [0.1, 0.15) is 17.2 Å². The van der Waals surface area contributed by atoms with Crippen LogP contribution in [0, 0.1) is 5.82 Å². The van der Waals surface area contributed by atoms with Crippen LogP contribution >= 0.6 is 0 Å². The fourth-order valence-electron chi connectivity index (χ4n) is 4.50. The van der Waals surface area contributed by atoms with Crippen LogP contribution in [0.5, 0.6) is 5.75 Å². The van der Waals surface area contributed by atoms with Crippen molar-refractivity contribution in [2.45, 2.75) is 12.5 Å². The molecule has 1 N–H and O–H groups in total. The molecule has 7 nitrogen and oxygen atoms in total. The van der Waals surface area contributed by atoms with Gasteiger partial charge in [0, 0.05) is 55.1 Å². The van der Waals surface area contributed by atoms with E-state index in [2.05, 4.69) is 27.0 Å². The SMILES string of the molecule is COc1ccc(F)cc1-c1ccnc2[nH]c(C3=CCN(C4CN(S(C)(=O)=O)C4)CC3)cc12. The van der Waals surface area contributed by atoms with E-state index in [0.29, 0.717) is 24.4 Å². The van der Waals surface area contributed by atoms with Crippen molar-refractivity contribution < 1.29 is 17.5 Å². The minimum Gasteiger partial charge on any atom is -0.496 e. The normalized spacial score (nSPS) is 18.5. The molecule has 1 saturated heterocycles. The molecule has 4 heterocycles. The van der Waals surface area contributed by atoms with E-state index < -0.39 is 10.0 Å². The molecule has 0 unspecified atom stereocenters. The topological polar surface area (TPSA) is 78.5 Å². The smallest absolute Gasteiger partial charge is 0.211 e. The van der Waals surface area contributed by atoms with E-state index in [9.17, 15) is 12.8 Å². The number of aromatic nitrogens is 2. The molecule has 9 heteroatoms. The van der Waals surface area contributed by atoms with E-state index in [1.54, 1.807) is 19.4 Å². The van der Waals surface area contributed by atoms with Gasteiger partial charge in [0.25, 0.3) is 0 Å². The fraction of sp³-hybridized carbons (Fsp3) is 0.348. The molecular formula is C23H25FN4O3S. The molecule has 168 valence electrons. The third-order valence-electron chi connectivity index (χ3n) is 6.38. The van der Waals surface area contributed by atoms with Gasteiger partial charge in [-0.2, -0.15) is 4.31 Å². The molecule has 5 rings (SSSR count). The van der Waals surface area contributed by atoms with Gasteiger partial charge < -0.3 is 9.72 Å². The average molecular weight is 457 g/mol. The highest BCUT2D eigenvalue weighted by atomic mass is 32.2. The second kappa shape index (κ2) is 7.99. The van der Waals surface area contributed by atoms with Crippen LogP contribution in [-0.4, -0.2) is 73.2 Å². The summed E-state index contributed by atoms with van der Waals surface area (Å²) in [5.41, 5.74) is 4.50. The number of fused-ring (bicyclic) bond motifs is 1. The third-order valence-corrected chi connectivity index (χ3v) is 7.62. The van der Waals surface area contributed by atoms with Crippen molar-refractivity contribution in [3.63, 3.8) is 0 Å². The molecule has 0 amide bonds. The van der Waals surface area contributed by atoms with Gasteiger partial charge in [-0.15, -0.1) is 0 Å². The Kier molecular flexibility index (Phi) is 5.27. The predicted molar refractivity (Wildman–Crippen MR) is 122 cm³/mol. The minimum atomic E-state index is -3.09. The Labute approximate surface area is 186 Å². The Morgan fingerprint density at radius 3 is 2.69 bits per heavy atom. The highest BCUT2D eigenvalue weighted by Crippen LogP contribution is 2.36. The fourth-order valence-corrected chi connectivity index (χ4v) is 5.39. The van der Waals surface area contributed by atoms with Gasteiger partial charge in [-0.25, -0.2) is 17.8 Å². The van der Waals surface area contributed by atoms with Crippen molar-refractivity contribution in [3.05, 3.63) is 54.1 Å². The zero-order chi connectivity index (χ0) is 22.5. The molecule has 1 aromatic carbocycles. The van der Waals surface area contributed by atoms with Crippen molar-refractivity contribution in [1.29, 1.82) is 0 Å². The number of sulfonamides is 1. The molecule has 0 radical (unpaired) electrons. The molecule has 0 atom stereocenters. The maximum absolute atomic E-state index is 14.0. The van der Waals surface area contributed by atoms with Crippen LogP contribution in [0.25, 0.3) is 27.7 Å². The number of ether oxygens (including phenoxy) is 1. The van der Waals surface area contributed by atoms with Crippen molar-refractivity contribution in [1.82, 2.24) is 19.2 Å². The molecule has 0 aliphatic carbocycles. The Balaban J connectivity index is 1.40. The number of nitrogens with zero attached hydrogens (tertiary/aromatic N) is 3. The first-order chi connectivity index (χ1) is 15.3. The lowest BCUT2D eigenvalue weighted by atomic mass is 10.00. The molecule has 3 aromatic rings. The van der Waals surface area contributed by atoms with E-state index in [1.165, 1.54) is 28.3 Å². The second-order valence-electron chi connectivity index (χ2n) is 8.36.